The Balaban J connectivity index is 1.99. The first kappa shape index (κ1) is 14.0. The summed E-state index contributed by atoms with van der Waals surface area (Å²) in [4.78, 5) is 13.1. The molecule has 1 fully saturated rings. The molecule has 1 aliphatic heterocycles. The van der Waals surface area contributed by atoms with Gasteiger partial charge in [-0.25, -0.2) is 0 Å². The molecule has 2 atom stereocenters. The van der Waals surface area contributed by atoms with Gasteiger partial charge >= 0.3 is 5.97 Å². The topological polar surface area (TPSA) is 79.5 Å². The third-order valence-corrected chi connectivity index (χ3v) is 3.47. The fraction of sp³-hybridized carbons (Fsp3) is 0.769. The SMILES string of the molecule is CC1CN(Cc2nnc(C(C)(C)C)o2)CC1C(=O)O. The van der Waals surface area contributed by atoms with Gasteiger partial charge in [0.05, 0.1) is 12.5 Å². The van der Waals surface area contributed by atoms with Gasteiger partial charge in [0.25, 0.3) is 0 Å². The van der Waals surface area contributed by atoms with Crippen LogP contribution in [0.5, 0.6) is 0 Å². The van der Waals surface area contributed by atoms with Crippen LogP contribution in [0.15, 0.2) is 4.42 Å². The highest BCUT2D eigenvalue weighted by molar-refractivity contribution is 5.71. The first-order valence-electron chi connectivity index (χ1n) is 6.55. The van der Waals surface area contributed by atoms with Crippen LogP contribution in [0, 0.1) is 11.8 Å². The first-order chi connectivity index (χ1) is 8.77. The molecule has 1 aromatic rings. The van der Waals surface area contributed by atoms with Crippen molar-refractivity contribution in [2.45, 2.75) is 39.7 Å². The van der Waals surface area contributed by atoms with E-state index in [1.807, 2.05) is 27.7 Å². The monoisotopic (exact) mass is 267 g/mol. The summed E-state index contributed by atoms with van der Waals surface area (Å²) in [6.45, 7) is 9.84. The molecule has 0 aromatic carbocycles. The summed E-state index contributed by atoms with van der Waals surface area (Å²) in [5, 5.41) is 17.2. The van der Waals surface area contributed by atoms with Crippen molar-refractivity contribution >= 4 is 5.97 Å². The Labute approximate surface area is 112 Å². The van der Waals surface area contributed by atoms with Crippen molar-refractivity contribution in [2.24, 2.45) is 11.8 Å². The van der Waals surface area contributed by atoms with E-state index < -0.39 is 5.97 Å². The molecule has 6 nitrogen and oxygen atoms in total. The Morgan fingerprint density at radius 2 is 2.11 bits per heavy atom. The molecule has 2 rings (SSSR count). The van der Waals surface area contributed by atoms with Gasteiger partial charge in [0, 0.05) is 18.5 Å². The summed E-state index contributed by atoms with van der Waals surface area (Å²) >= 11 is 0. The van der Waals surface area contributed by atoms with E-state index in [0.717, 1.165) is 6.54 Å². The van der Waals surface area contributed by atoms with E-state index in [-0.39, 0.29) is 17.3 Å². The standard InChI is InChI=1S/C13H21N3O3/c1-8-5-16(6-9(8)11(17)18)7-10-14-15-12(19-10)13(2,3)4/h8-9H,5-7H2,1-4H3,(H,17,18). The van der Waals surface area contributed by atoms with Gasteiger partial charge in [-0.1, -0.05) is 27.7 Å². The maximum absolute atomic E-state index is 11.1. The van der Waals surface area contributed by atoms with Crippen molar-refractivity contribution < 1.29 is 14.3 Å². The largest absolute Gasteiger partial charge is 0.481 e. The molecule has 0 radical (unpaired) electrons. The molecule has 0 aliphatic carbocycles. The quantitative estimate of drug-likeness (QED) is 0.894. The lowest BCUT2D eigenvalue weighted by Crippen LogP contribution is -2.23. The zero-order valence-electron chi connectivity index (χ0n) is 11.9. The molecule has 0 amide bonds. The molecule has 19 heavy (non-hydrogen) atoms. The molecule has 1 aromatic heterocycles. The normalized spacial score (nSPS) is 24.8. The Hall–Kier alpha value is -1.43. The van der Waals surface area contributed by atoms with E-state index in [9.17, 15) is 4.79 Å². The molecular weight excluding hydrogens is 246 g/mol. The summed E-state index contributed by atoms with van der Waals surface area (Å²) in [5.41, 5.74) is -0.160. The van der Waals surface area contributed by atoms with Crippen LogP contribution in [0.2, 0.25) is 0 Å². The van der Waals surface area contributed by atoms with Gasteiger partial charge in [0.1, 0.15) is 0 Å². The van der Waals surface area contributed by atoms with Crippen LogP contribution in [0.1, 0.15) is 39.5 Å². The van der Waals surface area contributed by atoms with Gasteiger partial charge < -0.3 is 9.52 Å². The molecule has 0 bridgehead atoms. The van der Waals surface area contributed by atoms with Crippen LogP contribution in [-0.4, -0.2) is 39.3 Å². The average molecular weight is 267 g/mol. The van der Waals surface area contributed by atoms with Gasteiger partial charge in [0.15, 0.2) is 0 Å². The van der Waals surface area contributed by atoms with Crippen molar-refractivity contribution in [1.82, 2.24) is 15.1 Å². The number of aromatic nitrogens is 2. The van der Waals surface area contributed by atoms with Crippen molar-refractivity contribution in [3.8, 4) is 0 Å². The highest BCUT2D eigenvalue weighted by Gasteiger charge is 2.35. The van der Waals surface area contributed by atoms with Gasteiger partial charge in [-0.15, -0.1) is 10.2 Å². The molecule has 106 valence electrons. The van der Waals surface area contributed by atoms with Gasteiger partial charge in [-0.3, -0.25) is 9.69 Å². The molecule has 2 unspecified atom stereocenters. The zero-order chi connectivity index (χ0) is 14.2. The molecule has 0 saturated carbocycles. The molecular formula is C13H21N3O3. The van der Waals surface area contributed by atoms with E-state index in [1.54, 1.807) is 0 Å². The van der Waals surface area contributed by atoms with E-state index in [2.05, 4.69) is 15.1 Å². The van der Waals surface area contributed by atoms with Crippen LogP contribution in [0.25, 0.3) is 0 Å². The van der Waals surface area contributed by atoms with Gasteiger partial charge in [-0.2, -0.15) is 0 Å². The minimum Gasteiger partial charge on any atom is -0.481 e. The summed E-state index contributed by atoms with van der Waals surface area (Å²) in [5.74, 6) is 0.302. The third-order valence-electron chi connectivity index (χ3n) is 3.47. The molecule has 1 saturated heterocycles. The van der Waals surface area contributed by atoms with E-state index in [4.69, 9.17) is 9.52 Å². The second-order valence-electron chi connectivity index (χ2n) is 6.37. The predicted molar refractivity (Wildman–Crippen MR) is 68.6 cm³/mol. The van der Waals surface area contributed by atoms with Crippen LogP contribution in [0.4, 0.5) is 0 Å². The smallest absolute Gasteiger partial charge is 0.308 e. The van der Waals surface area contributed by atoms with Crippen molar-refractivity contribution in [3.05, 3.63) is 11.8 Å². The number of carboxylic acid groups (broad SMARTS) is 1. The van der Waals surface area contributed by atoms with E-state index >= 15 is 0 Å². The Morgan fingerprint density at radius 3 is 2.58 bits per heavy atom. The predicted octanol–water partition coefficient (Wildman–Crippen LogP) is 1.52. The molecule has 1 N–H and O–H groups in total. The van der Waals surface area contributed by atoms with Crippen LogP contribution < -0.4 is 0 Å². The first-order valence-corrected chi connectivity index (χ1v) is 6.55. The Morgan fingerprint density at radius 1 is 1.42 bits per heavy atom. The highest BCUT2D eigenvalue weighted by Crippen LogP contribution is 2.25. The molecule has 2 heterocycles. The van der Waals surface area contributed by atoms with Crippen LogP contribution in [-0.2, 0) is 16.8 Å². The zero-order valence-corrected chi connectivity index (χ0v) is 11.9. The molecule has 1 aliphatic rings. The number of hydrogen-bond donors (Lipinski definition) is 1. The van der Waals surface area contributed by atoms with Crippen molar-refractivity contribution in [1.29, 1.82) is 0 Å². The minimum atomic E-state index is -0.726. The summed E-state index contributed by atoms with van der Waals surface area (Å²) < 4.78 is 5.63. The Kier molecular flexibility index (Phi) is 3.62. The third kappa shape index (κ3) is 3.12. The fourth-order valence-corrected chi connectivity index (χ4v) is 2.33. The second kappa shape index (κ2) is 4.92. The molecule has 0 spiro atoms. The second-order valence-corrected chi connectivity index (χ2v) is 6.37. The number of carbonyl (C=O) groups is 1. The molecule has 6 heteroatoms. The number of nitrogens with zero attached hydrogens (tertiary/aromatic N) is 3. The summed E-state index contributed by atoms with van der Waals surface area (Å²) in [6.07, 6.45) is 0. The average Bonchev–Trinajstić information content (AvgIpc) is 2.85. The minimum absolute atomic E-state index is 0.155. The maximum Gasteiger partial charge on any atom is 0.308 e. The number of hydrogen-bond acceptors (Lipinski definition) is 5. The lowest BCUT2D eigenvalue weighted by molar-refractivity contribution is -0.142. The summed E-state index contributed by atoms with van der Waals surface area (Å²) in [6, 6.07) is 0. The number of likely N-dealkylation sites (tertiary alicyclic amines) is 1. The van der Waals surface area contributed by atoms with E-state index in [0.29, 0.717) is 24.9 Å². The van der Waals surface area contributed by atoms with Crippen LogP contribution >= 0.6 is 0 Å². The lowest BCUT2D eigenvalue weighted by atomic mass is 9.97. The number of aliphatic carboxylic acids is 1. The number of carboxylic acids is 1. The van der Waals surface area contributed by atoms with E-state index in [1.165, 1.54) is 0 Å². The lowest BCUT2D eigenvalue weighted by Gasteiger charge is -2.13. The number of rotatable bonds is 3. The van der Waals surface area contributed by atoms with Crippen molar-refractivity contribution in [2.75, 3.05) is 13.1 Å². The Bertz CT molecular complexity index is 464. The highest BCUT2D eigenvalue weighted by atomic mass is 16.4. The van der Waals surface area contributed by atoms with Gasteiger partial charge in [-0.05, 0) is 5.92 Å². The van der Waals surface area contributed by atoms with Crippen molar-refractivity contribution in [3.63, 3.8) is 0 Å². The fourth-order valence-electron chi connectivity index (χ4n) is 2.33. The van der Waals surface area contributed by atoms with Crippen LogP contribution in [0.3, 0.4) is 0 Å². The summed E-state index contributed by atoms with van der Waals surface area (Å²) in [7, 11) is 0. The van der Waals surface area contributed by atoms with Gasteiger partial charge in [0.2, 0.25) is 11.8 Å². The maximum atomic E-state index is 11.1.